The van der Waals surface area contributed by atoms with Gasteiger partial charge >= 0.3 is 0 Å². The predicted octanol–water partition coefficient (Wildman–Crippen LogP) is 3.75. The summed E-state index contributed by atoms with van der Waals surface area (Å²) in [6, 6.07) is 18.2. The maximum absolute atomic E-state index is 6.08. The molecule has 0 spiro atoms. The van der Waals surface area contributed by atoms with Gasteiger partial charge in [0.15, 0.2) is 5.96 Å². The minimum atomic E-state index is 0. The molecule has 0 atom stereocenters. The summed E-state index contributed by atoms with van der Waals surface area (Å²) in [4.78, 5) is 6.67. The first-order chi connectivity index (χ1) is 11.8. The van der Waals surface area contributed by atoms with E-state index in [-0.39, 0.29) is 24.0 Å². The lowest BCUT2D eigenvalue weighted by molar-refractivity contribution is 0.306. The Bertz CT molecular complexity index is 658. The highest BCUT2D eigenvalue weighted by Crippen LogP contribution is 2.15. The second kappa shape index (κ2) is 10.6. The van der Waals surface area contributed by atoms with Crippen molar-refractivity contribution in [3.8, 4) is 5.75 Å². The Morgan fingerprint density at radius 2 is 1.68 bits per heavy atom. The van der Waals surface area contributed by atoms with E-state index < -0.39 is 0 Å². The molecule has 0 saturated carbocycles. The zero-order valence-electron chi connectivity index (χ0n) is 14.1. The molecule has 6 heteroatoms. The van der Waals surface area contributed by atoms with Gasteiger partial charge in [0.2, 0.25) is 0 Å². The van der Waals surface area contributed by atoms with Gasteiger partial charge in [0.1, 0.15) is 12.4 Å². The molecule has 1 saturated heterocycles. The van der Waals surface area contributed by atoms with Crippen molar-refractivity contribution >= 4 is 41.7 Å². The summed E-state index contributed by atoms with van der Waals surface area (Å²) in [6.07, 6.45) is 0. The summed E-state index contributed by atoms with van der Waals surface area (Å²) in [5.74, 6) is 3.78. The van der Waals surface area contributed by atoms with E-state index in [1.807, 2.05) is 54.2 Å². The highest BCUT2D eigenvalue weighted by Gasteiger charge is 2.11. The van der Waals surface area contributed by atoms with Crippen LogP contribution < -0.4 is 10.5 Å². The summed E-state index contributed by atoms with van der Waals surface area (Å²) in [5.41, 5.74) is 8.38. The largest absolute Gasteiger partial charge is 0.489 e. The molecule has 2 aromatic carbocycles. The Balaban J connectivity index is 0.00000225. The van der Waals surface area contributed by atoms with Crippen molar-refractivity contribution in [3.05, 3.63) is 65.7 Å². The lowest BCUT2D eigenvalue weighted by atomic mass is 10.2. The molecule has 1 aliphatic heterocycles. The maximum Gasteiger partial charge on any atom is 0.191 e. The van der Waals surface area contributed by atoms with Gasteiger partial charge in [-0.3, -0.25) is 0 Å². The van der Waals surface area contributed by atoms with Gasteiger partial charge < -0.3 is 15.4 Å². The standard InChI is InChI=1S/C19H23N3OS.HI/c20-19(22-10-12-24-13-11-22)21-14-16-6-8-18(9-7-16)23-15-17-4-2-1-3-5-17;/h1-9H,10-15H2,(H2,20,21);1H. The van der Waals surface area contributed by atoms with E-state index in [0.717, 1.165) is 35.9 Å². The molecule has 134 valence electrons. The number of hydrogen-bond donors (Lipinski definition) is 1. The Morgan fingerprint density at radius 3 is 2.36 bits per heavy atom. The molecule has 0 radical (unpaired) electrons. The predicted molar refractivity (Wildman–Crippen MR) is 117 cm³/mol. The highest BCUT2D eigenvalue weighted by molar-refractivity contribution is 14.0. The maximum atomic E-state index is 6.08. The van der Waals surface area contributed by atoms with E-state index in [4.69, 9.17) is 10.5 Å². The Labute approximate surface area is 170 Å². The van der Waals surface area contributed by atoms with Gasteiger partial charge in [0.05, 0.1) is 6.54 Å². The minimum absolute atomic E-state index is 0. The number of thioether (sulfide) groups is 1. The molecule has 1 heterocycles. The van der Waals surface area contributed by atoms with Gasteiger partial charge in [-0.25, -0.2) is 4.99 Å². The summed E-state index contributed by atoms with van der Waals surface area (Å²) in [6.45, 7) is 3.17. The topological polar surface area (TPSA) is 50.9 Å². The molecule has 0 amide bonds. The SMILES string of the molecule is I.NC(=NCc1ccc(OCc2ccccc2)cc1)N1CCSCC1. The van der Waals surface area contributed by atoms with Crippen molar-refractivity contribution in [3.63, 3.8) is 0 Å². The van der Waals surface area contributed by atoms with Gasteiger partial charge in [-0.15, -0.1) is 24.0 Å². The average Bonchev–Trinajstić information content (AvgIpc) is 2.67. The van der Waals surface area contributed by atoms with E-state index in [1.54, 1.807) is 0 Å². The summed E-state index contributed by atoms with van der Waals surface area (Å²) < 4.78 is 5.80. The van der Waals surface area contributed by atoms with Crippen molar-refractivity contribution in [2.24, 2.45) is 10.7 Å². The van der Waals surface area contributed by atoms with E-state index in [2.05, 4.69) is 22.0 Å². The fourth-order valence-corrected chi connectivity index (χ4v) is 3.40. The van der Waals surface area contributed by atoms with Crippen molar-refractivity contribution in [1.29, 1.82) is 0 Å². The molecule has 0 bridgehead atoms. The Kier molecular flexibility index (Phi) is 8.40. The van der Waals surface area contributed by atoms with E-state index in [0.29, 0.717) is 19.1 Å². The van der Waals surface area contributed by atoms with Crippen LogP contribution in [-0.4, -0.2) is 35.5 Å². The number of halogens is 1. The van der Waals surface area contributed by atoms with Crippen molar-refractivity contribution in [2.45, 2.75) is 13.2 Å². The Hall–Kier alpha value is -1.41. The van der Waals surface area contributed by atoms with Crippen LogP contribution in [0.4, 0.5) is 0 Å². The van der Waals surface area contributed by atoms with Crippen molar-refractivity contribution in [2.75, 3.05) is 24.6 Å². The number of nitrogens with two attached hydrogens (primary N) is 1. The first kappa shape index (κ1) is 19.9. The van der Waals surface area contributed by atoms with E-state index >= 15 is 0 Å². The lowest BCUT2D eigenvalue weighted by Gasteiger charge is -2.27. The fourth-order valence-electron chi connectivity index (χ4n) is 2.50. The molecule has 1 aliphatic rings. The molecule has 2 N–H and O–H groups in total. The molecule has 25 heavy (non-hydrogen) atoms. The second-order valence-electron chi connectivity index (χ2n) is 5.69. The number of guanidine groups is 1. The number of nitrogens with zero attached hydrogens (tertiary/aromatic N) is 2. The van der Waals surface area contributed by atoms with Gasteiger partial charge in [-0.2, -0.15) is 11.8 Å². The van der Waals surface area contributed by atoms with Crippen LogP contribution in [0.5, 0.6) is 5.75 Å². The molecular formula is C19H24IN3OS. The Morgan fingerprint density at radius 1 is 1.00 bits per heavy atom. The van der Waals surface area contributed by atoms with Crippen LogP contribution in [0.2, 0.25) is 0 Å². The fraction of sp³-hybridized carbons (Fsp3) is 0.316. The molecule has 0 unspecified atom stereocenters. The molecule has 2 aromatic rings. The third kappa shape index (κ3) is 6.43. The van der Waals surface area contributed by atoms with Gasteiger partial charge in [0.25, 0.3) is 0 Å². The molecule has 1 fully saturated rings. The van der Waals surface area contributed by atoms with Crippen molar-refractivity contribution < 1.29 is 4.74 Å². The summed E-state index contributed by atoms with van der Waals surface area (Å²) in [5, 5.41) is 0. The second-order valence-corrected chi connectivity index (χ2v) is 6.92. The number of benzene rings is 2. The normalized spacial score (nSPS) is 14.7. The minimum Gasteiger partial charge on any atom is -0.489 e. The van der Waals surface area contributed by atoms with Gasteiger partial charge in [-0.05, 0) is 23.3 Å². The lowest BCUT2D eigenvalue weighted by Crippen LogP contribution is -2.42. The van der Waals surface area contributed by atoms with Crippen molar-refractivity contribution in [1.82, 2.24) is 4.90 Å². The van der Waals surface area contributed by atoms with Crippen LogP contribution in [0, 0.1) is 0 Å². The third-order valence-electron chi connectivity index (χ3n) is 3.93. The van der Waals surface area contributed by atoms with Gasteiger partial charge in [0, 0.05) is 24.6 Å². The number of aliphatic imine (C=N–C) groups is 1. The first-order valence-electron chi connectivity index (χ1n) is 8.19. The molecular weight excluding hydrogens is 445 g/mol. The van der Waals surface area contributed by atoms with E-state index in [1.165, 1.54) is 5.56 Å². The quantitative estimate of drug-likeness (QED) is 0.412. The first-order valence-corrected chi connectivity index (χ1v) is 9.35. The van der Waals surface area contributed by atoms with Crippen LogP contribution in [0.1, 0.15) is 11.1 Å². The zero-order valence-corrected chi connectivity index (χ0v) is 17.3. The average molecular weight is 469 g/mol. The van der Waals surface area contributed by atoms with Crippen LogP contribution in [0.15, 0.2) is 59.6 Å². The van der Waals surface area contributed by atoms with Gasteiger partial charge in [-0.1, -0.05) is 42.5 Å². The smallest absolute Gasteiger partial charge is 0.191 e. The van der Waals surface area contributed by atoms with Crippen LogP contribution in [0.25, 0.3) is 0 Å². The summed E-state index contributed by atoms with van der Waals surface area (Å²) in [7, 11) is 0. The van der Waals surface area contributed by atoms with Crippen LogP contribution in [-0.2, 0) is 13.2 Å². The number of ether oxygens (including phenoxy) is 1. The summed E-state index contributed by atoms with van der Waals surface area (Å²) >= 11 is 1.97. The third-order valence-corrected chi connectivity index (χ3v) is 4.87. The molecule has 0 aromatic heterocycles. The monoisotopic (exact) mass is 469 g/mol. The zero-order chi connectivity index (χ0) is 16.6. The molecule has 3 rings (SSSR count). The van der Waals surface area contributed by atoms with Crippen LogP contribution >= 0.6 is 35.7 Å². The number of hydrogen-bond acceptors (Lipinski definition) is 3. The molecule has 0 aliphatic carbocycles. The number of rotatable bonds is 5. The van der Waals surface area contributed by atoms with Crippen LogP contribution in [0.3, 0.4) is 0 Å². The highest BCUT2D eigenvalue weighted by atomic mass is 127. The van der Waals surface area contributed by atoms with E-state index in [9.17, 15) is 0 Å². The molecule has 4 nitrogen and oxygen atoms in total.